The van der Waals surface area contributed by atoms with Gasteiger partial charge in [0.2, 0.25) is 5.91 Å². The predicted molar refractivity (Wildman–Crippen MR) is 80.2 cm³/mol. The van der Waals surface area contributed by atoms with E-state index in [-0.39, 0.29) is 30.4 Å². The van der Waals surface area contributed by atoms with Crippen molar-refractivity contribution < 1.29 is 23.1 Å². The summed E-state index contributed by atoms with van der Waals surface area (Å²) in [6, 6.07) is 2.77. The summed E-state index contributed by atoms with van der Waals surface area (Å²) >= 11 is 0. The molecule has 1 saturated heterocycles. The number of carbonyl (C=O) groups is 2. The van der Waals surface area contributed by atoms with Gasteiger partial charge in [-0.05, 0) is 19.2 Å². The van der Waals surface area contributed by atoms with Crippen molar-refractivity contribution in [1.29, 1.82) is 0 Å². The fraction of sp³-hybridized carbons (Fsp3) is 0.500. The van der Waals surface area contributed by atoms with Crippen LogP contribution >= 0.6 is 0 Å². The molecule has 1 fully saturated rings. The van der Waals surface area contributed by atoms with Crippen LogP contribution in [0.1, 0.15) is 23.2 Å². The Bertz CT molecular complexity index is 580. The largest absolute Gasteiger partial charge is 0.374 e. The molecular formula is C16H20F2N2O3. The lowest BCUT2D eigenvalue weighted by Crippen LogP contribution is -2.45. The minimum atomic E-state index is -0.908. The number of nitrogens with zero attached hydrogens (tertiary/aromatic N) is 1. The Labute approximate surface area is 133 Å². The van der Waals surface area contributed by atoms with Crippen molar-refractivity contribution in [2.75, 3.05) is 33.3 Å². The Kier molecular flexibility index (Phi) is 6.18. The van der Waals surface area contributed by atoms with Crippen LogP contribution in [-0.2, 0) is 9.53 Å². The van der Waals surface area contributed by atoms with Crippen molar-refractivity contribution in [3.05, 3.63) is 35.4 Å². The molecule has 1 amide bonds. The van der Waals surface area contributed by atoms with Gasteiger partial charge in [-0.3, -0.25) is 9.59 Å². The fourth-order valence-corrected chi connectivity index (χ4v) is 2.38. The summed E-state index contributed by atoms with van der Waals surface area (Å²) in [5.41, 5.74) is -0.198. The maximum atomic E-state index is 13.5. The Morgan fingerprint density at radius 1 is 1.35 bits per heavy atom. The van der Waals surface area contributed by atoms with Gasteiger partial charge in [0.25, 0.3) is 0 Å². The van der Waals surface area contributed by atoms with Gasteiger partial charge in [0.15, 0.2) is 5.78 Å². The van der Waals surface area contributed by atoms with Crippen molar-refractivity contribution >= 4 is 11.7 Å². The maximum Gasteiger partial charge on any atom is 0.220 e. The van der Waals surface area contributed by atoms with Gasteiger partial charge in [-0.25, -0.2) is 8.78 Å². The lowest BCUT2D eigenvalue weighted by Gasteiger charge is -2.30. The number of carbonyl (C=O) groups excluding carboxylic acids is 2. The van der Waals surface area contributed by atoms with Gasteiger partial charge in [0.1, 0.15) is 11.6 Å². The number of ether oxygens (including phenoxy) is 1. The quantitative estimate of drug-likeness (QED) is 0.802. The van der Waals surface area contributed by atoms with E-state index in [9.17, 15) is 18.4 Å². The minimum Gasteiger partial charge on any atom is -0.374 e. The molecule has 0 aliphatic carbocycles. The van der Waals surface area contributed by atoms with Crippen LogP contribution in [0.5, 0.6) is 0 Å². The number of hydrogen-bond acceptors (Lipinski definition) is 4. The smallest absolute Gasteiger partial charge is 0.220 e. The second kappa shape index (κ2) is 8.12. The summed E-state index contributed by atoms with van der Waals surface area (Å²) in [6.07, 6.45) is -0.235. The molecule has 126 valence electrons. The van der Waals surface area contributed by atoms with Gasteiger partial charge in [-0.2, -0.15) is 0 Å². The predicted octanol–water partition coefficient (Wildman–Crippen LogP) is 1.37. The number of rotatable bonds is 6. The highest BCUT2D eigenvalue weighted by atomic mass is 19.1. The highest BCUT2D eigenvalue weighted by Crippen LogP contribution is 2.12. The molecule has 1 atom stereocenters. The van der Waals surface area contributed by atoms with Crippen molar-refractivity contribution in [2.24, 2.45) is 0 Å². The number of halogens is 2. The summed E-state index contributed by atoms with van der Waals surface area (Å²) in [4.78, 5) is 25.7. The van der Waals surface area contributed by atoms with Crippen LogP contribution in [-0.4, -0.2) is 56.0 Å². The van der Waals surface area contributed by atoms with E-state index < -0.39 is 17.4 Å². The molecule has 1 aromatic rings. The molecular weight excluding hydrogens is 306 g/mol. The third kappa shape index (κ3) is 5.37. The van der Waals surface area contributed by atoms with E-state index in [0.717, 1.165) is 25.2 Å². The van der Waals surface area contributed by atoms with Crippen molar-refractivity contribution in [2.45, 2.75) is 18.9 Å². The number of benzene rings is 1. The second-order valence-corrected chi connectivity index (χ2v) is 5.61. The first kappa shape index (κ1) is 17.5. The zero-order valence-electron chi connectivity index (χ0n) is 13.0. The maximum absolute atomic E-state index is 13.5. The molecule has 0 bridgehead atoms. The Hall–Kier alpha value is -1.86. The SMILES string of the molecule is CN1CCOC(CNC(=O)CCC(=O)c2ccc(F)cc2F)C1. The molecule has 1 aliphatic heterocycles. The highest BCUT2D eigenvalue weighted by Gasteiger charge is 2.19. The second-order valence-electron chi connectivity index (χ2n) is 5.61. The Morgan fingerprint density at radius 3 is 2.83 bits per heavy atom. The van der Waals surface area contributed by atoms with Crippen molar-refractivity contribution in [3.8, 4) is 0 Å². The number of nitrogens with one attached hydrogen (secondary N) is 1. The number of ketones is 1. The first-order chi connectivity index (χ1) is 11.0. The number of Topliss-reactive ketones (excluding diaryl/α,β-unsaturated/α-hetero) is 1. The fourth-order valence-electron chi connectivity index (χ4n) is 2.38. The van der Waals surface area contributed by atoms with E-state index >= 15 is 0 Å². The van der Waals surface area contributed by atoms with E-state index in [1.54, 1.807) is 0 Å². The molecule has 5 nitrogen and oxygen atoms in total. The lowest BCUT2D eigenvalue weighted by molar-refractivity contribution is -0.122. The molecule has 0 saturated carbocycles. The van der Waals surface area contributed by atoms with Crippen LogP contribution in [0.15, 0.2) is 18.2 Å². The van der Waals surface area contributed by atoms with Crippen LogP contribution in [0, 0.1) is 11.6 Å². The topological polar surface area (TPSA) is 58.6 Å². The van der Waals surface area contributed by atoms with Gasteiger partial charge in [0.05, 0.1) is 18.3 Å². The van der Waals surface area contributed by atoms with Gasteiger partial charge >= 0.3 is 0 Å². The van der Waals surface area contributed by atoms with Crippen LogP contribution < -0.4 is 5.32 Å². The molecule has 1 unspecified atom stereocenters. The standard InChI is InChI=1S/C16H20F2N2O3/c1-20-6-7-23-12(10-20)9-19-16(22)5-4-15(21)13-3-2-11(17)8-14(13)18/h2-3,8,12H,4-7,9-10H2,1H3,(H,19,22). The van der Waals surface area contributed by atoms with E-state index in [0.29, 0.717) is 19.2 Å². The number of hydrogen-bond donors (Lipinski definition) is 1. The molecule has 1 aliphatic rings. The van der Waals surface area contributed by atoms with Crippen LogP contribution in [0.4, 0.5) is 8.78 Å². The minimum absolute atomic E-state index is 0.0434. The van der Waals surface area contributed by atoms with E-state index in [1.165, 1.54) is 0 Å². The van der Waals surface area contributed by atoms with Crippen molar-refractivity contribution in [1.82, 2.24) is 10.2 Å². The lowest BCUT2D eigenvalue weighted by atomic mass is 10.1. The average Bonchev–Trinajstić information content (AvgIpc) is 2.50. The van der Waals surface area contributed by atoms with Gasteiger partial charge in [-0.1, -0.05) is 0 Å². The van der Waals surface area contributed by atoms with E-state index in [4.69, 9.17) is 4.74 Å². The first-order valence-corrected chi connectivity index (χ1v) is 7.51. The van der Waals surface area contributed by atoms with E-state index in [2.05, 4.69) is 10.2 Å². The zero-order valence-corrected chi connectivity index (χ0v) is 13.0. The molecule has 0 spiro atoms. The third-order valence-corrected chi connectivity index (χ3v) is 3.68. The number of likely N-dealkylation sites (N-methyl/N-ethyl adjacent to an activating group) is 1. The van der Waals surface area contributed by atoms with Gasteiger partial charge < -0.3 is 15.0 Å². The Balaban J connectivity index is 1.74. The summed E-state index contributed by atoms with van der Waals surface area (Å²) in [5, 5.41) is 2.71. The van der Waals surface area contributed by atoms with Crippen LogP contribution in [0.3, 0.4) is 0 Å². The first-order valence-electron chi connectivity index (χ1n) is 7.51. The highest BCUT2D eigenvalue weighted by molar-refractivity contribution is 5.98. The Morgan fingerprint density at radius 2 is 2.13 bits per heavy atom. The third-order valence-electron chi connectivity index (χ3n) is 3.68. The van der Waals surface area contributed by atoms with Crippen LogP contribution in [0.2, 0.25) is 0 Å². The molecule has 1 heterocycles. The molecule has 0 aromatic heterocycles. The van der Waals surface area contributed by atoms with Gasteiger partial charge in [-0.15, -0.1) is 0 Å². The molecule has 0 radical (unpaired) electrons. The number of amides is 1. The van der Waals surface area contributed by atoms with Crippen LogP contribution in [0.25, 0.3) is 0 Å². The van der Waals surface area contributed by atoms with E-state index in [1.807, 2.05) is 7.05 Å². The normalized spacial score (nSPS) is 18.7. The molecule has 1 aromatic carbocycles. The van der Waals surface area contributed by atoms with Gasteiger partial charge in [0, 0.05) is 38.5 Å². The molecule has 23 heavy (non-hydrogen) atoms. The summed E-state index contributed by atoms with van der Waals surface area (Å²) in [7, 11) is 1.98. The summed E-state index contributed by atoms with van der Waals surface area (Å²) < 4.78 is 31.8. The molecule has 1 N–H and O–H groups in total. The molecule has 2 rings (SSSR count). The molecule has 7 heteroatoms. The average molecular weight is 326 g/mol. The zero-order chi connectivity index (χ0) is 16.8. The monoisotopic (exact) mass is 326 g/mol. The summed E-state index contributed by atoms with van der Waals surface area (Å²) in [6.45, 7) is 2.60. The van der Waals surface area contributed by atoms with Crippen molar-refractivity contribution in [3.63, 3.8) is 0 Å². The summed E-state index contributed by atoms with van der Waals surface area (Å²) in [5.74, 6) is -2.47. The number of morpholine rings is 1.